The van der Waals surface area contributed by atoms with Crippen LogP contribution in [0.4, 0.5) is 5.82 Å². The third kappa shape index (κ3) is 3.08. The molecule has 0 aliphatic heterocycles. The highest BCUT2D eigenvalue weighted by molar-refractivity contribution is 7.13. The molecule has 5 heterocycles. The Bertz CT molecular complexity index is 1400. The summed E-state index contributed by atoms with van der Waals surface area (Å²) in [5.74, 6) is 1.04. The first-order valence-electron chi connectivity index (χ1n) is 10.3. The van der Waals surface area contributed by atoms with Gasteiger partial charge in [0.1, 0.15) is 5.76 Å². The number of anilines is 1. The van der Waals surface area contributed by atoms with E-state index in [2.05, 4.69) is 19.4 Å². The van der Waals surface area contributed by atoms with Crippen LogP contribution in [0.3, 0.4) is 0 Å². The zero-order chi connectivity index (χ0) is 20.9. The Balaban J connectivity index is 1.44. The molecule has 1 saturated carbocycles. The van der Waals surface area contributed by atoms with Gasteiger partial charge in [-0.2, -0.15) is 9.47 Å². The average molecular weight is 433 g/mol. The van der Waals surface area contributed by atoms with Crippen LogP contribution < -0.4 is 5.73 Å². The number of nitrogen functional groups attached to an aromatic ring is 1. The summed E-state index contributed by atoms with van der Waals surface area (Å²) in [5, 5.41) is 16.3. The third-order valence-electron chi connectivity index (χ3n) is 6.07. The third-order valence-corrected chi connectivity index (χ3v) is 6.91. The van der Waals surface area contributed by atoms with E-state index in [1.54, 1.807) is 24.8 Å². The molecule has 8 nitrogen and oxygen atoms in total. The maximum atomic E-state index is 9.78. The number of fused-ring (bicyclic) bond motifs is 2. The van der Waals surface area contributed by atoms with Crippen LogP contribution in [-0.2, 0) is 0 Å². The molecule has 1 aliphatic rings. The van der Waals surface area contributed by atoms with Gasteiger partial charge in [0.2, 0.25) is 0 Å². The number of rotatable bonds is 3. The topological polar surface area (TPSA) is 116 Å². The van der Waals surface area contributed by atoms with Crippen LogP contribution in [0.1, 0.15) is 31.7 Å². The Morgan fingerprint density at radius 3 is 2.81 bits per heavy atom. The quantitative estimate of drug-likeness (QED) is 0.433. The van der Waals surface area contributed by atoms with Crippen molar-refractivity contribution in [3.05, 3.63) is 43.2 Å². The van der Waals surface area contributed by atoms with E-state index in [1.165, 1.54) is 11.5 Å². The van der Waals surface area contributed by atoms with Gasteiger partial charge < -0.3 is 15.3 Å². The molecule has 156 valence electrons. The second kappa shape index (κ2) is 7.14. The zero-order valence-corrected chi connectivity index (χ0v) is 17.4. The van der Waals surface area contributed by atoms with Crippen molar-refractivity contribution in [1.29, 1.82) is 0 Å². The van der Waals surface area contributed by atoms with Crippen LogP contribution in [0.25, 0.3) is 43.5 Å². The van der Waals surface area contributed by atoms with Crippen LogP contribution in [0.15, 0.2) is 47.7 Å². The summed E-state index contributed by atoms with van der Waals surface area (Å²) in [7, 11) is 0. The van der Waals surface area contributed by atoms with Crippen molar-refractivity contribution < 1.29 is 9.52 Å². The van der Waals surface area contributed by atoms with E-state index >= 15 is 0 Å². The summed E-state index contributed by atoms with van der Waals surface area (Å²) in [6, 6.07) is 2.30. The SMILES string of the molecule is Nc1ncc(-c2cnn([C@H]3CC[C@H](O)CC3)c2)c2cc(-c3cncc4cnsc34)oc12. The predicted molar refractivity (Wildman–Crippen MR) is 120 cm³/mol. The van der Waals surface area contributed by atoms with Gasteiger partial charge in [0, 0.05) is 46.7 Å². The number of aromatic nitrogens is 5. The molecule has 0 radical (unpaired) electrons. The van der Waals surface area contributed by atoms with Crippen molar-refractivity contribution >= 4 is 38.4 Å². The van der Waals surface area contributed by atoms with Gasteiger partial charge in [0.05, 0.1) is 34.8 Å². The summed E-state index contributed by atoms with van der Waals surface area (Å²) in [6.45, 7) is 0. The minimum Gasteiger partial charge on any atom is -0.452 e. The van der Waals surface area contributed by atoms with Crippen LogP contribution in [0.2, 0.25) is 0 Å². The van der Waals surface area contributed by atoms with Gasteiger partial charge in [-0.05, 0) is 43.3 Å². The van der Waals surface area contributed by atoms with E-state index in [0.29, 0.717) is 23.2 Å². The van der Waals surface area contributed by atoms with Crippen molar-refractivity contribution in [3.63, 3.8) is 0 Å². The van der Waals surface area contributed by atoms with E-state index in [0.717, 1.165) is 57.8 Å². The molecule has 1 aliphatic carbocycles. The lowest BCUT2D eigenvalue weighted by molar-refractivity contribution is 0.108. The average Bonchev–Trinajstić information content (AvgIpc) is 3.53. The number of furan rings is 1. The second-order valence-electron chi connectivity index (χ2n) is 8.01. The lowest BCUT2D eigenvalue weighted by Gasteiger charge is -2.25. The van der Waals surface area contributed by atoms with Crippen LogP contribution in [0, 0.1) is 0 Å². The Hall–Kier alpha value is -3.30. The number of hydrogen-bond donors (Lipinski definition) is 2. The van der Waals surface area contributed by atoms with Crippen molar-refractivity contribution in [2.45, 2.75) is 37.8 Å². The van der Waals surface area contributed by atoms with E-state index in [-0.39, 0.29) is 6.10 Å². The van der Waals surface area contributed by atoms with Crippen LogP contribution in [-0.4, -0.2) is 35.3 Å². The molecule has 3 N–H and O–H groups in total. The fourth-order valence-corrected chi connectivity index (χ4v) is 5.11. The fraction of sp³-hybridized carbons (Fsp3) is 0.273. The Kier molecular flexibility index (Phi) is 4.25. The monoisotopic (exact) mass is 432 g/mol. The fourth-order valence-electron chi connectivity index (χ4n) is 4.38. The summed E-state index contributed by atoms with van der Waals surface area (Å²) in [6.07, 6.45) is 14.4. The van der Waals surface area contributed by atoms with Crippen LogP contribution >= 0.6 is 11.5 Å². The van der Waals surface area contributed by atoms with E-state index in [9.17, 15) is 5.11 Å². The molecule has 1 fully saturated rings. The standard InChI is InChI=1S/C22H20N6O2S/c23-22-20-16(5-19(30-20)18-9-24-6-12-8-27-31-21(12)18)17(10-25-22)13-7-26-28(11-13)14-1-3-15(29)4-2-14/h5-11,14-15,29H,1-4H2,(H2,23,25)/t14-,15-. The van der Waals surface area contributed by atoms with Crippen molar-refractivity contribution in [2.24, 2.45) is 0 Å². The van der Waals surface area contributed by atoms with Gasteiger partial charge in [-0.3, -0.25) is 9.67 Å². The summed E-state index contributed by atoms with van der Waals surface area (Å²) < 4.78 is 13.5. The van der Waals surface area contributed by atoms with E-state index < -0.39 is 0 Å². The lowest BCUT2D eigenvalue weighted by Crippen LogP contribution is -2.21. The molecule has 9 heteroatoms. The molecule has 5 aromatic heterocycles. The minimum atomic E-state index is -0.186. The summed E-state index contributed by atoms with van der Waals surface area (Å²) in [5.41, 5.74) is 9.48. The molecule has 0 spiro atoms. The molecule has 0 saturated heterocycles. The maximum absolute atomic E-state index is 9.78. The van der Waals surface area contributed by atoms with Crippen molar-refractivity contribution in [3.8, 4) is 22.5 Å². The van der Waals surface area contributed by atoms with Gasteiger partial charge in [-0.25, -0.2) is 4.98 Å². The molecule has 0 bridgehead atoms. The maximum Gasteiger partial charge on any atom is 0.177 e. The van der Waals surface area contributed by atoms with Gasteiger partial charge in [-0.15, -0.1) is 0 Å². The smallest absolute Gasteiger partial charge is 0.177 e. The molecule has 5 aromatic rings. The van der Waals surface area contributed by atoms with Gasteiger partial charge in [0.15, 0.2) is 11.4 Å². The highest BCUT2D eigenvalue weighted by Crippen LogP contribution is 2.39. The molecule has 0 aromatic carbocycles. The summed E-state index contributed by atoms with van der Waals surface area (Å²) in [4.78, 5) is 8.69. The van der Waals surface area contributed by atoms with Crippen LogP contribution in [0.5, 0.6) is 0 Å². The number of aliphatic hydroxyl groups excluding tert-OH is 1. The Morgan fingerprint density at radius 2 is 1.94 bits per heavy atom. The second-order valence-corrected chi connectivity index (χ2v) is 8.81. The van der Waals surface area contributed by atoms with Gasteiger partial charge >= 0.3 is 0 Å². The molecule has 0 unspecified atom stereocenters. The number of aliphatic hydroxyl groups is 1. The normalized spacial score (nSPS) is 19.4. The zero-order valence-electron chi connectivity index (χ0n) is 16.6. The molecular weight excluding hydrogens is 412 g/mol. The molecular formula is C22H20N6O2S. The largest absolute Gasteiger partial charge is 0.452 e. The first-order chi connectivity index (χ1) is 15.2. The van der Waals surface area contributed by atoms with E-state index in [4.69, 9.17) is 10.2 Å². The first kappa shape index (κ1) is 18.5. The van der Waals surface area contributed by atoms with E-state index in [1.807, 2.05) is 23.1 Å². The number of nitrogens with zero attached hydrogens (tertiary/aromatic N) is 5. The molecule has 0 atom stereocenters. The van der Waals surface area contributed by atoms with Gasteiger partial charge in [0.25, 0.3) is 0 Å². The van der Waals surface area contributed by atoms with Gasteiger partial charge in [-0.1, -0.05) is 0 Å². The Morgan fingerprint density at radius 1 is 1.06 bits per heavy atom. The van der Waals surface area contributed by atoms with Crippen molar-refractivity contribution in [2.75, 3.05) is 5.73 Å². The highest BCUT2D eigenvalue weighted by atomic mass is 32.1. The Labute approximate surface area is 181 Å². The predicted octanol–water partition coefficient (Wildman–Crippen LogP) is 4.42. The number of nitrogens with two attached hydrogens (primary N) is 1. The minimum absolute atomic E-state index is 0.186. The lowest BCUT2D eigenvalue weighted by atomic mass is 9.93. The number of hydrogen-bond acceptors (Lipinski definition) is 8. The molecule has 6 rings (SSSR count). The van der Waals surface area contributed by atoms with Crippen molar-refractivity contribution in [1.82, 2.24) is 24.1 Å². The number of pyridine rings is 2. The molecule has 31 heavy (non-hydrogen) atoms. The first-order valence-corrected chi connectivity index (χ1v) is 11.0. The summed E-state index contributed by atoms with van der Waals surface area (Å²) >= 11 is 1.41. The highest BCUT2D eigenvalue weighted by Gasteiger charge is 2.22. The molecule has 0 amide bonds.